The van der Waals surface area contributed by atoms with Crippen molar-refractivity contribution in [2.45, 2.75) is 38.9 Å². The predicted molar refractivity (Wildman–Crippen MR) is 149 cm³/mol. The average molecular weight is 503 g/mol. The summed E-state index contributed by atoms with van der Waals surface area (Å²) in [5.74, 6) is 1.13. The number of aromatic nitrogens is 3. The summed E-state index contributed by atoms with van der Waals surface area (Å²) < 4.78 is 27.3. The van der Waals surface area contributed by atoms with Crippen molar-refractivity contribution < 1.29 is 13.7 Å². The molecule has 1 fully saturated rings. The molecule has 2 heterocycles. The van der Waals surface area contributed by atoms with Crippen molar-refractivity contribution >= 4 is 23.4 Å². The van der Waals surface area contributed by atoms with Crippen molar-refractivity contribution in [1.82, 2.24) is 15.0 Å². The van der Waals surface area contributed by atoms with E-state index in [9.17, 15) is 0 Å². The maximum Gasteiger partial charge on any atom is 0.497 e. The molecule has 4 aromatic carbocycles. The van der Waals surface area contributed by atoms with E-state index in [1.54, 1.807) is 12.1 Å². The number of halogens is 1. The first-order valence-electron chi connectivity index (χ1n) is 12.7. The molecule has 1 saturated heterocycles. The Hall–Kier alpha value is -3.94. The largest absolute Gasteiger partial charge is 0.497 e. The van der Waals surface area contributed by atoms with E-state index in [2.05, 4.69) is 24.3 Å². The molecule has 5 aromatic rings. The van der Waals surface area contributed by atoms with Crippen LogP contribution in [-0.2, 0) is 9.31 Å². The van der Waals surface area contributed by atoms with Gasteiger partial charge in [-0.3, -0.25) is 0 Å². The fourth-order valence-corrected chi connectivity index (χ4v) is 4.51. The highest BCUT2D eigenvalue weighted by Crippen LogP contribution is 2.37. The second kappa shape index (κ2) is 9.12. The van der Waals surface area contributed by atoms with Gasteiger partial charge in [-0.2, -0.15) is 0 Å². The van der Waals surface area contributed by atoms with Crippen LogP contribution in [0, 0.1) is 5.82 Å². The molecule has 0 bridgehead atoms. The molecule has 1 aliphatic rings. The molecule has 0 N–H and O–H groups in total. The van der Waals surface area contributed by atoms with E-state index in [1.807, 2.05) is 76.2 Å². The highest BCUT2D eigenvalue weighted by atomic mass is 19.1. The van der Waals surface area contributed by atoms with Gasteiger partial charge in [0, 0.05) is 22.2 Å². The number of fused-ring (bicyclic) bond motifs is 1. The monoisotopic (exact) mass is 503 g/mol. The van der Waals surface area contributed by atoms with Gasteiger partial charge in [-0.15, -0.1) is 0 Å². The van der Waals surface area contributed by atoms with Gasteiger partial charge >= 0.3 is 7.12 Å². The predicted octanol–water partition coefficient (Wildman–Crippen LogP) is 6.46. The Balaban J connectivity index is 1.48. The first-order valence-corrected chi connectivity index (χ1v) is 12.7. The molecule has 0 aliphatic carbocycles. The van der Waals surface area contributed by atoms with Crippen molar-refractivity contribution in [1.29, 1.82) is 0 Å². The van der Waals surface area contributed by atoms with E-state index in [-0.39, 0.29) is 0 Å². The molecular weight excluding hydrogens is 476 g/mol. The summed E-state index contributed by atoms with van der Waals surface area (Å²) in [6.45, 7) is 7.79. The summed E-state index contributed by atoms with van der Waals surface area (Å²) in [5.41, 5.74) is 1.53. The van der Waals surface area contributed by atoms with Crippen LogP contribution in [0.15, 0.2) is 91.0 Å². The Morgan fingerprint density at radius 2 is 1.11 bits per heavy atom. The minimum Gasteiger partial charge on any atom is -0.399 e. The van der Waals surface area contributed by atoms with Crippen molar-refractivity contribution in [3.05, 3.63) is 96.8 Å². The fourth-order valence-electron chi connectivity index (χ4n) is 4.51. The molecule has 0 spiro atoms. The summed E-state index contributed by atoms with van der Waals surface area (Å²) in [6, 6.07) is 28.9. The third-order valence-corrected chi connectivity index (χ3v) is 7.44. The molecule has 6 rings (SSSR count). The Morgan fingerprint density at radius 3 is 1.76 bits per heavy atom. The van der Waals surface area contributed by atoms with Crippen LogP contribution < -0.4 is 5.46 Å². The topological polar surface area (TPSA) is 57.1 Å². The summed E-state index contributed by atoms with van der Waals surface area (Å²) in [7, 11) is -0.838. The van der Waals surface area contributed by atoms with E-state index >= 15 is 4.39 Å². The number of hydrogen-bond acceptors (Lipinski definition) is 5. The summed E-state index contributed by atoms with van der Waals surface area (Å²) >= 11 is 0. The standard InChI is InChI=1S/C31H27BFN3O2/c1-30(2)31(3,4)38-32(37-30)25-19-24(16-17-26(25)33)29-35-27(21-11-6-5-7-12-21)34-28(36-29)23-15-14-20-10-8-9-13-22(20)18-23/h5-19H,1-4H3. The van der Waals surface area contributed by atoms with Crippen LogP contribution in [-0.4, -0.2) is 33.3 Å². The van der Waals surface area contributed by atoms with Crippen LogP contribution in [0.4, 0.5) is 4.39 Å². The maximum atomic E-state index is 15.1. The highest BCUT2D eigenvalue weighted by molar-refractivity contribution is 6.62. The van der Waals surface area contributed by atoms with Crippen LogP contribution in [0.25, 0.3) is 44.9 Å². The van der Waals surface area contributed by atoms with Gasteiger partial charge in [0.15, 0.2) is 17.5 Å². The SMILES string of the molecule is CC1(C)OB(c2cc(-c3nc(-c4ccccc4)nc(-c4ccc5ccccc5c4)n3)ccc2F)OC1(C)C. The van der Waals surface area contributed by atoms with Crippen LogP contribution >= 0.6 is 0 Å². The normalized spacial score (nSPS) is 16.2. The van der Waals surface area contributed by atoms with Gasteiger partial charge in [-0.25, -0.2) is 19.3 Å². The first kappa shape index (κ1) is 24.4. The lowest BCUT2D eigenvalue weighted by atomic mass is 9.78. The van der Waals surface area contributed by atoms with Crippen LogP contribution in [0.3, 0.4) is 0 Å². The lowest BCUT2D eigenvalue weighted by Crippen LogP contribution is -2.41. The molecule has 0 amide bonds. The van der Waals surface area contributed by atoms with Crippen molar-refractivity contribution in [3.63, 3.8) is 0 Å². The van der Waals surface area contributed by atoms with Gasteiger partial charge < -0.3 is 9.31 Å². The van der Waals surface area contributed by atoms with Gasteiger partial charge in [0.05, 0.1) is 11.2 Å². The van der Waals surface area contributed by atoms with Crippen LogP contribution in [0.2, 0.25) is 0 Å². The molecule has 7 heteroatoms. The summed E-state index contributed by atoms with van der Waals surface area (Å²) in [5, 5.41) is 2.23. The van der Waals surface area contributed by atoms with E-state index in [1.165, 1.54) is 6.07 Å². The van der Waals surface area contributed by atoms with Crippen LogP contribution in [0.1, 0.15) is 27.7 Å². The zero-order chi connectivity index (χ0) is 26.5. The third-order valence-electron chi connectivity index (χ3n) is 7.44. The number of nitrogens with zero attached hydrogens (tertiary/aromatic N) is 3. The number of benzene rings is 4. The molecular formula is C31H27BFN3O2. The van der Waals surface area contributed by atoms with E-state index in [0.717, 1.165) is 21.9 Å². The molecule has 0 saturated carbocycles. The smallest absolute Gasteiger partial charge is 0.399 e. The van der Waals surface area contributed by atoms with Gasteiger partial charge in [0.25, 0.3) is 0 Å². The third kappa shape index (κ3) is 4.38. The Kier molecular flexibility index (Phi) is 5.86. The lowest BCUT2D eigenvalue weighted by Gasteiger charge is -2.32. The minimum atomic E-state index is -0.838. The van der Waals surface area contributed by atoms with Gasteiger partial charge in [0.2, 0.25) is 0 Å². The van der Waals surface area contributed by atoms with Gasteiger partial charge in [-0.05, 0) is 62.7 Å². The zero-order valence-corrected chi connectivity index (χ0v) is 21.8. The molecule has 1 aliphatic heterocycles. The van der Waals surface area contributed by atoms with Gasteiger partial charge in [-0.1, -0.05) is 66.7 Å². The quantitative estimate of drug-likeness (QED) is 0.264. The second-order valence-electron chi connectivity index (χ2n) is 10.6. The average Bonchev–Trinajstić information content (AvgIpc) is 3.15. The van der Waals surface area contributed by atoms with Crippen LogP contribution in [0.5, 0.6) is 0 Å². The maximum absolute atomic E-state index is 15.1. The Bertz CT molecular complexity index is 1640. The van der Waals surface area contributed by atoms with Crippen molar-refractivity contribution in [2.24, 2.45) is 0 Å². The minimum absolute atomic E-state index is 0.315. The molecule has 5 nitrogen and oxygen atoms in total. The zero-order valence-electron chi connectivity index (χ0n) is 21.8. The van der Waals surface area contributed by atoms with E-state index in [4.69, 9.17) is 24.3 Å². The summed E-state index contributed by atoms with van der Waals surface area (Å²) in [6.07, 6.45) is 0. The molecule has 0 radical (unpaired) electrons. The highest BCUT2D eigenvalue weighted by Gasteiger charge is 2.52. The lowest BCUT2D eigenvalue weighted by molar-refractivity contribution is 0.00578. The molecule has 0 atom stereocenters. The molecule has 38 heavy (non-hydrogen) atoms. The number of rotatable bonds is 4. The fraction of sp³-hybridized carbons (Fsp3) is 0.194. The first-order chi connectivity index (χ1) is 18.2. The summed E-state index contributed by atoms with van der Waals surface area (Å²) in [4.78, 5) is 14.4. The van der Waals surface area contributed by atoms with Crippen molar-refractivity contribution in [3.8, 4) is 34.2 Å². The Labute approximate surface area is 221 Å². The van der Waals surface area contributed by atoms with Gasteiger partial charge in [0.1, 0.15) is 5.82 Å². The number of hydrogen-bond donors (Lipinski definition) is 0. The Morgan fingerprint density at radius 1 is 0.579 bits per heavy atom. The van der Waals surface area contributed by atoms with Crippen molar-refractivity contribution in [2.75, 3.05) is 0 Å². The second-order valence-corrected chi connectivity index (χ2v) is 10.6. The molecule has 0 unspecified atom stereocenters. The molecule has 188 valence electrons. The van der Waals surface area contributed by atoms with E-state index in [0.29, 0.717) is 28.5 Å². The molecule has 1 aromatic heterocycles. The van der Waals surface area contributed by atoms with E-state index < -0.39 is 24.1 Å².